The quantitative estimate of drug-likeness (QED) is 0.479. The van der Waals surface area contributed by atoms with E-state index >= 15 is 0 Å². The van der Waals surface area contributed by atoms with Gasteiger partial charge in [0.25, 0.3) is 0 Å². The van der Waals surface area contributed by atoms with E-state index in [0.29, 0.717) is 5.15 Å². The summed E-state index contributed by atoms with van der Waals surface area (Å²) in [5, 5.41) is 5.19. The number of aromatic amines is 1. The van der Waals surface area contributed by atoms with E-state index in [2.05, 4.69) is 44.9 Å². The van der Waals surface area contributed by atoms with Crippen molar-refractivity contribution < 1.29 is 4.74 Å². The van der Waals surface area contributed by atoms with Crippen molar-refractivity contribution in [3.8, 4) is 0 Å². The van der Waals surface area contributed by atoms with Crippen molar-refractivity contribution in [1.82, 2.24) is 19.5 Å². The highest BCUT2D eigenvalue weighted by atomic mass is 35.5. The van der Waals surface area contributed by atoms with Gasteiger partial charge < -0.3 is 19.6 Å². The number of aryl methyl sites for hydroxylation is 1. The van der Waals surface area contributed by atoms with Gasteiger partial charge in [-0.05, 0) is 43.2 Å². The summed E-state index contributed by atoms with van der Waals surface area (Å²) in [6, 6.07) is 3.92. The van der Waals surface area contributed by atoms with Crippen LogP contribution in [0.2, 0.25) is 5.15 Å². The fourth-order valence-corrected chi connectivity index (χ4v) is 4.22. The van der Waals surface area contributed by atoms with Crippen LogP contribution >= 0.6 is 11.6 Å². The summed E-state index contributed by atoms with van der Waals surface area (Å²) >= 11 is 6.07. The molecule has 0 aliphatic carbocycles. The zero-order valence-corrected chi connectivity index (χ0v) is 18.0. The smallest absolute Gasteiger partial charge is 0.140 e. The van der Waals surface area contributed by atoms with Gasteiger partial charge in [0.2, 0.25) is 0 Å². The average molecular weight is 416 g/mol. The highest BCUT2D eigenvalue weighted by molar-refractivity contribution is 6.30. The Hall–Kier alpha value is -2.05. The van der Waals surface area contributed by atoms with E-state index in [1.807, 2.05) is 18.3 Å². The summed E-state index contributed by atoms with van der Waals surface area (Å²) in [7, 11) is 0. The monoisotopic (exact) mass is 415 g/mol. The molecule has 0 spiro atoms. The SMILES string of the molecule is CCC(C)(CCCNc1ccnc2[nH]c(Cl)cc12)COC1CCn2ccnc2C1. The summed E-state index contributed by atoms with van der Waals surface area (Å²) in [5.41, 5.74) is 2.09. The molecule has 1 aliphatic heterocycles. The Labute approximate surface area is 177 Å². The van der Waals surface area contributed by atoms with Gasteiger partial charge >= 0.3 is 0 Å². The minimum absolute atomic E-state index is 0.194. The van der Waals surface area contributed by atoms with Crippen LogP contribution in [0.5, 0.6) is 0 Å². The molecule has 0 saturated carbocycles. The van der Waals surface area contributed by atoms with Gasteiger partial charge in [0.1, 0.15) is 16.6 Å². The van der Waals surface area contributed by atoms with Crippen LogP contribution in [-0.4, -0.2) is 38.8 Å². The number of aromatic nitrogens is 4. The maximum Gasteiger partial charge on any atom is 0.140 e. The summed E-state index contributed by atoms with van der Waals surface area (Å²) in [5.74, 6) is 1.15. The van der Waals surface area contributed by atoms with Crippen LogP contribution in [0.4, 0.5) is 5.69 Å². The third-order valence-corrected chi connectivity index (χ3v) is 6.40. The summed E-state index contributed by atoms with van der Waals surface area (Å²) in [6.07, 6.45) is 11.4. The molecule has 0 aromatic carbocycles. The largest absolute Gasteiger partial charge is 0.384 e. The van der Waals surface area contributed by atoms with Crippen molar-refractivity contribution in [3.05, 3.63) is 41.7 Å². The van der Waals surface area contributed by atoms with Crippen LogP contribution in [0, 0.1) is 5.41 Å². The van der Waals surface area contributed by atoms with Crippen LogP contribution < -0.4 is 5.32 Å². The van der Waals surface area contributed by atoms with Gasteiger partial charge in [-0.3, -0.25) is 0 Å². The Morgan fingerprint density at radius 1 is 1.38 bits per heavy atom. The molecule has 2 atom stereocenters. The lowest BCUT2D eigenvalue weighted by molar-refractivity contribution is -0.0197. The number of anilines is 1. The maximum atomic E-state index is 6.34. The lowest BCUT2D eigenvalue weighted by Crippen LogP contribution is -2.31. The number of hydrogen-bond donors (Lipinski definition) is 2. The molecule has 3 aromatic heterocycles. The number of halogens is 1. The highest BCUT2D eigenvalue weighted by Crippen LogP contribution is 2.30. The molecule has 1 aliphatic rings. The van der Waals surface area contributed by atoms with Crippen molar-refractivity contribution in [2.75, 3.05) is 18.5 Å². The molecule has 156 valence electrons. The topological polar surface area (TPSA) is 67.8 Å². The standard InChI is InChI=1S/C22H30ClN5O/c1-3-22(2,15-29-16-6-11-28-12-10-25-20(28)13-16)7-4-8-24-18-5-9-26-21-17(18)14-19(23)27-21/h5,9-10,12,14,16H,3-4,6-8,11,13,15H2,1-2H3,(H2,24,26,27). The molecule has 0 amide bonds. The minimum atomic E-state index is 0.194. The van der Waals surface area contributed by atoms with Gasteiger partial charge in [0.05, 0.1) is 12.7 Å². The number of ether oxygens (including phenoxy) is 1. The predicted molar refractivity (Wildman–Crippen MR) is 118 cm³/mol. The number of pyridine rings is 1. The molecule has 4 rings (SSSR count). The summed E-state index contributed by atoms with van der Waals surface area (Å²) in [4.78, 5) is 11.8. The molecule has 29 heavy (non-hydrogen) atoms. The Bertz CT molecular complexity index is 952. The third kappa shape index (κ3) is 4.75. The second-order valence-corrected chi connectivity index (χ2v) is 8.80. The van der Waals surface area contributed by atoms with Gasteiger partial charge in [-0.25, -0.2) is 9.97 Å². The first-order valence-corrected chi connectivity index (χ1v) is 10.9. The average Bonchev–Trinajstić information content (AvgIpc) is 3.35. The van der Waals surface area contributed by atoms with E-state index in [9.17, 15) is 0 Å². The third-order valence-electron chi connectivity index (χ3n) is 6.20. The molecule has 6 nitrogen and oxygen atoms in total. The molecular weight excluding hydrogens is 386 g/mol. The second kappa shape index (κ2) is 8.76. The molecule has 2 N–H and O–H groups in total. The first-order chi connectivity index (χ1) is 14.1. The van der Waals surface area contributed by atoms with Gasteiger partial charge in [-0.1, -0.05) is 25.4 Å². The Kier molecular flexibility index (Phi) is 6.11. The van der Waals surface area contributed by atoms with E-state index in [1.165, 1.54) is 0 Å². The molecule has 4 heterocycles. The summed E-state index contributed by atoms with van der Waals surface area (Å²) < 4.78 is 8.57. The van der Waals surface area contributed by atoms with Crippen molar-refractivity contribution in [2.24, 2.45) is 5.41 Å². The number of imidazole rings is 1. The van der Waals surface area contributed by atoms with Gasteiger partial charge in [-0.2, -0.15) is 0 Å². The number of H-pyrrole nitrogens is 1. The van der Waals surface area contributed by atoms with Crippen molar-refractivity contribution >= 4 is 28.3 Å². The minimum Gasteiger partial charge on any atom is -0.384 e. The zero-order valence-electron chi connectivity index (χ0n) is 17.2. The van der Waals surface area contributed by atoms with Crippen LogP contribution in [0.3, 0.4) is 0 Å². The fourth-order valence-electron chi connectivity index (χ4n) is 4.02. The highest BCUT2D eigenvalue weighted by Gasteiger charge is 2.26. The van der Waals surface area contributed by atoms with E-state index in [1.54, 1.807) is 6.20 Å². The van der Waals surface area contributed by atoms with Crippen LogP contribution in [0.1, 0.15) is 45.4 Å². The normalized spacial score (nSPS) is 18.5. The molecule has 2 unspecified atom stereocenters. The fraction of sp³-hybridized carbons (Fsp3) is 0.545. The molecule has 7 heteroatoms. The first kappa shape index (κ1) is 20.2. The molecule has 0 bridgehead atoms. The van der Waals surface area contributed by atoms with Crippen molar-refractivity contribution in [3.63, 3.8) is 0 Å². The van der Waals surface area contributed by atoms with Crippen LogP contribution in [0.25, 0.3) is 11.0 Å². The van der Waals surface area contributed by atoms with Crippen molar-refractivity contribution in [1.29, 1.82) is 0 Å². The number of fused-ring (bicyclic) bond motifs is 2. The Morgan fingerprint density at radius 3 is 3.14 bits per heavy atom. The predicted octanol–water partition coefficient (Wildman–Crippen LogP) is 5.05. The molecule has 0 radical (unpaired) electrons. The van der Waals surface area contributed by atoms with E-state index in [-0.39, 0.29) is 11.5 Å². The molecule has 0 saturated heterocycles. The van der Waals surface area contributed by atoms with E-state index in [0.717, 1.165) is 74.3 Å². The van der Waals surface area contributed by atoms with Crippen LogP contribution in [0.15, 0.2) is 30.7 Å². The molecule has 3 aromatic rings. The van der Waals surface area contributed by atoms with Gasteiger partial charge in [-0.15, -0.1) is 0 Å². The Balaban J connectivity index is 1.25. The number of nitrogens with one attached hydrogen (secondary N) is 2. The van der Waals surface area contributed by atoms with Gasteiger partial charge in [0.15, 0.2) is 0 Å². The zero-order chi connectivity index (χ0) is 20.3. The number of rotatable bonds is 9. The first-order valence-electron chi connectivity index (χ1n) is 10.5. The lowest BCUT2D eigenvalue weighted by Gasteiger charge is -2.32. The van der Waals surface area contributed by atoms with Crippen molar-refractivity contribution in [2.45, 2.75) is 58.6 Å². The molecular formula is C22H30ClN5O. The van der Waals surface area contributed by atoms with E-state index in [4.69, 9.17) is 16.3 Å². The second-order valence-electron chi connectivity index (χ2n) is 8.40. The lowest BCUT2D eigenvalue weighted by atomic mass is 9.83. The van der Waals surface area contributed by atoms with E-state index < -0.39 is 0 Å². The van der Waals surface area contributed by atoms with Crippen LogP contribution in [-0.2, 0) is 17.7 Å². The van der Waals surface area contributed by atoms with Gasteiger partial charge in [0, 0.05) is 49.2 Å². The molecule has 0 fully saturated rings. The Morgan fingerprint density at radius 2 is 2.28 bits per heavy atom. The summed E-state index contributed by atoms with van der Waals surface area (Å²) in [6.45, 7) is 7.34. The maximum absolute atomic E-state index is 6.34. The number of hydrogen-bond acceptors (Lipinski definition) is 4. The number of nitrogens with zero attached hydrogens (tertiary/aromatic N) is 3.